The first-order valence-electron chi connectivity index (χ1n) is 15.0. The van der Waals surface area contributed by atoms with Gasteiger partial charge in [-0.2, -0.15) is 0 Å². The maximum Gasteiger partial charge on any atom is 0.485 e. The van der Waals surface area contributed by atoms with Gasteiger partial charge >= 0.3 is 17.2 Å². The van der Waals surface area contributed by atoms with Gasteiger partial charge in [-0.1, -0.05) is 48.5 Å². The summed E-state index contributed by atoms with van der Waals surface area (Å²) in [4.78, 5) is 4.33. The lowest BCUT2D eigenvalue weighted by atomic mass is 9.67. The Morgan fingerprint density at radius 2 is 1.07 bits per heavy atom. The van der Waals surface area contributed by atoms with E-state index < -0.39 is 11.3 Å². The van der Waals surface area contributed by atoms with Gasteiger partial charge < -0.3 is 9.80 Å². The van der Waals surface area contributed by atoms with Crippen molar-refractivity contribution in [1.82, 2.24) is 10.2 Å². The smallest absolute Gasteiger partial charge is 0.377 e. The molecule has 0 saturated heterocycles. The van der Waals surface area contributed by atoms with Crippen LogP contribution in [0.3, 0.4) is 0 Å². The molecule has 5 aromatic rings. The number of fused-ring (bicyclic) bond motifs is 7. The summed E-state index contributed by atoms with van der Waals surface area (Å²) < 4.78 is 4.13. The highest BCUT2D eigenvalue weighted by atomic mass is 15.5. The van der Waals surface area contributed by atoms with Gasteiger partial charge in [0, 0.05) is 59.1 Å². The van der Waals surface area contributed by atoms with Gasteiger partial charge in [0.05, 0.1) is 22.3 Å². The molecular formula is C35H32N8+2. The zero-order valence-corrected chi connectivity index (χ0v) is 24.7. The molecule has 3 heterocycles. The molecule has 0 radical (unpaired) electrons. The van der Waals surface area contributed by atoms with Crippen molar-refractivity contribution < 1.29 is 9.36 Å². The fourth-order valence-electron chi connectivity index (χ4n) is 9.30. The summed E-state index contributed by atoms with van der Waals surface area (Å²) >= 11 is 0. The largest absolute Gasteiger partial charge is 0.485 e. The van der Waals surface area contributed by atoms with Crippen LogP contribution >= 0.6 is 0 Å². The van der Waals surface area contributed by atoms with Crippen molar-refractivity contribution >= 4 is 11.4 Å². The molecule has 2 unspecified atom stereocenters. The molecule has 43 heavy (non-hydrogen) atoms. The van der Waals surface area contributed by atoms with Gasteiger partial charge in [-0.05, 0) is 69.5 Å². The number of anilines is 2. The summed E-state index contributed by atoms with van der Waals surface area (Å²) in [7, 11) is 8.35. The number of rotatable bonds is 2. The van der Waals surface area contributed by atoms with Gasteiger partial charge in [0.2, 0.25) is 6.33 Å². The van der Waals surface area contributed by atoms with Gasteiger partial charge in [0.1, 0.15) is 0 Å². The monoisotopic (exact) mass is 564 g/mol. The van der Waals surface area contributed by atoms with Crippen LogP contribution in [0.25, 0.3) is 11.1 Å². The fourth-order valence-corrected chi connectivity index (χ4v) is 9.30. The predicted molar refractivity (Wildman–Crippen MR) is 163 cm³/mol. The summed E-state index contributed by atoms with van der Waals surface area (Å²) in [5, 5.41) is 10.1. The molecule has 1 aromatic heterocycles. The van der Waals surface area contributed by atoms with Crippen molar-refractivity contribution in [2.24, 2.45) is 11.5 Å². The lowest BCUT2D eigenvalue weighted by Gasteiger charge is -2.42. The summed E-state index contributed by atoms with van der Waals surface area (Å²) in [6.07, 6.45) is 3.31. The van der Waals surface area contributed by atoms with E-state index in [1.807, 2.05) is 0 Å². The van der Waals surface area contributed by atoms with E-state index in [9.17, 15) is 0 Å². The Balaban J connectivity index is 1.42. The molecular weight excluding hydrogens is 532 g/mol. The first-order valence-corrected chi connectivity index (χ1v) is 15.0. The second kappa shape index (κ2) is 7.27. The first-order chi connectivity index (χ1) is 20.8. The highest BCUT2D eigenvalue weighted by Gasteiger charge is 2.70. The predicted octanol–water partition coefficient (Wildman–Crippen LogP) is 2.20. The molecule has 0 saturated carbocycles. The van der Waals surface area contributed by atoms with Crippen molar-refractivity contribution in [2.75, 3.05) is 38.0 Å². The van der Waals surface area contributed by atoms with E-state index in [0.717, 1.165) is 41.2 Å². The molecule has 5 aliphatic rings. The van der Waals surface area contributed by atoms with Crippen molar-refractivity contribution in [1.29, 1.82) is 0 Å². The van der Waals surface area contributed by atoms with Gasteiger partial charge in [0.15, 0.2) is 5.92 Å². The third-order valence-corrected chi connectivity index (χ3v) is 10.7. The topological polar surface area (TPSA) is 92.1 Å². The van der Waals surface area contributed by atoms with Crippen LogP contribution in [0.2, 0.25) is 0 Å². The third-order valence-electron chi connectivity index (χ3n) is 10.7. The molecule has 10 rings (SSSR count). The molecule has 0 bridgehead atoms. The van der Waals surface area contributed by atoms with Crippen molar-refractivity contribution in [3.8, 4) is 11.1 Å². The van der Waals surface area contributed by atoms with E-state index in [2.05, 4.69) is 108 Å². The van der Waals surface area contributed by atoms with Crippen molar-refractivity contribution in [2.45, 2.75) is 30.1 Å². The van der Waals surface area contributed by atoms with Crippen LogP contribution in [0.5, 0.6) is 0 Å². The Morgan fingerprint density at radius 3 is 1.51 bits per heavy atom. The fraction of sp³-hybridized carbons (Fsp3) is 0.257. The van der Waals surface area contributed by atoms with E-state index >= 15 is 0 Å². The second-order valence-electron chi connectivity index (χ2n) is 13.2. The minimum atomic E-state index is -1.04. The normalized spacial score (nSPS) is 23.3. The van der Waals surface area contributed by atoms with E-state index in [1.165, 1.54) is 55.6 Å². The Morgan fingerprint density at radius 1 is 0.628 bits per heavy atom. The molecule has 2 atom stereocenters. The third kappa shape index (κ3) is 2.40. The van der Waals surface area contributed by atoms with E-state index in [1.54, 1.807) is 6.33 Å². The Hall–Kier alpha value is -4.66. The van der Waals surface area contributed by atoms with Crippen molar-refractivity contribution in [3.05, 3.63) is 128 Å². The minimum absolute atomic E-state index is 0.0504. The number of hydrogen-bond acceptors (Lipinski definition) is 6. The van der Waals surface area contributed by atoms with Crippen LogP contribution < -0.4 is 30.6 Å². The van der Waals surface area contributed by atoms with Crippen LogP contribution in [0.1, 0.15) is 67.4 Å². The molecule has 8 nitrogen and oxygen atoms in total. The summed E-state index contributed by atoms with van der Waals surface area (Å²) in [5.41, 5.74) is 30.5. The molecule has 0 amide bonds. The maximum atomic E-state index is 7.90. The summed E-state index contributed by atoms with van der Waals surface area (Å²) in [6.45, 7) is 0. The molecule has 210 valence electrons. The molecule has 3 aliphatic carbocycles. The highest BCUT2D eigenvalue weighted by Crippen LogP contribution is 2.60. The maximum absolute atomic E-state index is 7.90. The van der Waals surface area contributed by atoms with Gasteiger partial charge in [0.25, 0.3) is 0 Å². The molecule has 2 aliphatic heterocycles. The minimum Gasteiger partial charge on any atom is -0.377 e. The van der Waals surface area contributed by atoms with Crippen LogP contribution in [0.15, 0.2) is 67.0 Å². The van der Waals surface area contributed by atoms with Gasteiger partial charge in [-0.15, -0.1) is 0 Å². The first kappa shape index (κ1) is 23.9. The standard InChI is InChI=1S/C35H32N8/c1-40(2)24-9-5-7-18-15-20-11-13-22-23-14-12-21-16-19-8-6-10-25(41(3)4)30(19)35(37)32(21)27(23)28-26(22)31(20)34(36,29(18)24)42-33(28)43(35)39-17-38-42/h5-14,17,28H,15-16,36-37H2,1-4H3/q+2. The Kier molecular flexibility index (Phi) is 4.03. The SMILES string of the molecule is CN(C)c1cccc2c1C1(N)c3c(ccc4c3C3c5c-4ccc4c5C(N)(c5c(cccc5N(C)C)C4)[n+]4ncn[n+]1c43)C2. The van der Waals surface area contributed by atoms with Gasteiger partial charge in [-0.25, -0.2) is 0 Å². The van der Waals surface area contributed by atoms with Crippen LogP contribution in [-0.2, 0) is 24.2 Å². The lowest BCUT2D eigenvalue weighted by molar-refractivity contribution is -0.933. The van der Waals surface area contributed by atoms with E-state index in [4.69, 9.17) is 21.7 Å². The van der Waals surface area contributed by atoms with Gasteiger partial charge in [-0.3, -0.25) is 11.5 Å². The number of hydrogen-bond donors (Lipinski definition) is 2. The molecule has 0 spiro atoms. The molecule has 4 aromatic carbocycles. The van der Waals surface area contributed by atoms with Crippen LogP contribution in [0, 0.1) is 0 Å². The molecule has 8 heteroatoms. The summed E-state index contributed by atoms with van der Waals surface area (Å²) in [5.74, 6) is 0.884. The second-order valence-corrected chi connectivity index (χ2v) is 13.2. The number of benzene rings is 4. The van der Waals surface area contributed by atoms with E-state index in [-0.39, 0.29) is 5.92 Å². The molecule has 4 N–H and O–H groups in total. The number of nitrogens with zero attached hydrogens (tertiary/aromatic N) is 6. The van der Waals surface area contributed by atoms with E-state index in [0.29, 0.717) is 0 Å². The van der Waals surface area contributed by atoms with Crippen LogP contribution in [0.4, 0.5) is 11.4 Å². The number of aromatic nitrogens is 4. The average molecular weight is 565 g/mol. The average Bonchev–Trinajstić information content (AvgIpc) is 3.34. The summed E-state index contributed by atoms with van der Waals surface area (Å²) in [6, 6.07) is 22.2. The van der Waals surface area contributed by atoms with Crippen molar-refractivity contribution in [3.63, 3.8) is 0 Å². The zero-order valence-electron chi connectivity index (χ0n) is 24.7. The van der Waals surface area contributed by atoms with Crippen LogP contribution in [-0.4, -0.2) is 38.4 Å². The lowest BCUT2D eigenvalue weighted by Crippen LogP contribution is -2.81. The Labute approximate surface area is 249 Å². The molecule has 0 fully saturated rings. The quantitative estimate of drug-likeness (QED) is 0.314. The zero-order chi connectivity index (χ0) is 29.2. The Bertz CT molecular complexity index is 2000. The number of nitrogens with two attached hydrogens (primary N) is 2. The highest BCUT2D eigenvalue weighted by molar-refractivity contribution is 5.87.